The molecule has 0 saturated carbocycles. The topological polar surface area (TPSA) is 110 Å². The number of hydrogen-bond donors (Lipinski definition) is 2. The normalized spacial score (nSPS) is 29.7. The number of rotatable bonds is 3. The Kier molecular flexibility index (Phi) is 3.31. The Labute approximate surface area is 113 Å². The van der Waals surface area contributed by atoms with Gasteiger partial charge in [0.05, 0.1) is 0 Å². The smallest absolute Gasteiger partial charge is 0.352 e. The van der Waals surface area contributed by atoms with E-state index in [1.165, 1.54) is 23.6 Å². The molecular formula is C11H14N2O5S. The standard InChI is InChI=1S/C11H14N2O5S/c1-5(14)18-3-6-4-19-10-11(2,12)9(17)13(10)7(6)8(15)16/h10H,3-4,12H2,1-2H3,(H,15,16)/t10-,11?/m0/s1. The maximum absolute atomic E-state index is 11.9. The van der Waals surface area contributed by atoms with Crippen LogP contribution in [-0.2, 0) is 19.1 Å². The van der Waals surface area contributed by atoms with Gasteiger partial charge in [-0.15, -0.1) is 11.8 Å². The summed E-state index contributed by atoms with van der Waals surface area (Å²) in [6.07, 6.45) is 0. The van der Waals surface area contributed by atoms with Crippen molar-refractivity contribution in [3.05, 3.63) is 11.3 Å². The molecule has 2 atom stereocenters. The maximum Gasteiger partial charge on any atom is 0.352 e. The number of carboxylic acid groups (broad SMARTS) is 1. The number of nitrogens with two attached hydrogens (primary N) is 1. The number of hydrogen-bond acceptors (Lipinski definition) is 6. The van der Waals surface area contributed by atoms with Crippen LogP contribution in [0.2, 0.25) is 0 Å². The molecule has 2 aliphatic rings. The van der Waals surface area contributed by atoms with Crippen LogP contribution in [-0.4, -0.2) is 51.1 Å². The van der Waals surface area contributed by atoms with Gasteiger partial charge in [0.2, 0.25) is 0 Å². The Morgan fingerprint density at radius 2 is 2.26 bits per heavy atom. The second-order valence-corrected chi connectivity index (χ2v) is 5.73. The zero-order valence-electron chi connectivity index (χ0n) is 10.5. The average molecular weight is 286 g/mol. The van der Waals surface area contributed by atoms with Gasteiger partial charge in [-0.1, -0.05) is 0 Å². The van der Waals surface area contributed by atoms with Gasteiger partial charge in [0.1, 0.15) is 23.2 Å². The average Bonchev–Trinajstić information content (AvgIpc) is 2.34. The number of esters is 1. The number of amides is 1. The second-order valence-electron chi connectivity index (χ2n) is 4.66. The number of ether oxygens (including phenoxy) is 1. The molecule has 7 nitrogen and oxygen atoms in total. The highest BCUT2D eigenvalue weighted by molar-refractivity contribution is 8.00. The zero-order chi connectivity index (χ0) is 14.4. The maximum atomic E-state index is 11.9. The van der Waals surface area contributed by atoms with Crippen molar-refractivity contribution in [2.45, 2.75) is 24.8 Å². The minimum atomic E-state index is -1.21. The predicted molar refractivity (Wildman–Crippen MR) is 67.0 cm³/mol. The Balaban J connectivity index is 2.30. The molecule has 1 unspecified atom stereocenters. The van der Waals surface area contributed by atoms with Crippen LogP contribution in [0.5, 0.6) is 0 Å². The van der Waals surface area contributed by atoms with Crippen molar-refractivity contribution < 1.29 is 24.2 Å². The summed E-state index contributed by atoms with van der Waals surface area (Å²) in [5, 5.41) is 8.86. The van der Waals surface area contributed by atoms with Crippen LogP contribution in [0.1, 0.15) is 13.8 Å². The van der Waals surface area contributed by atoms with Crippen LogP contribution < -0.4 is 5.73 Å². The van der Waals surface area contributed by atoms with E-state index < -0.39 is 23.4 Å². The van der Waals surface area contributed by atoms with Crippen molar-refractivity contribution in [3.63, 3.8) is 0 Å². The Bertz CT molecular complexity index is 499. The molecule has 1 saturated heterocycles. The molecular weight excluding hydrogens is 272 g/mol. The third-order valence-electron chi connectivity index (χ3n) is 3.07. The van der Waals surface area contributed by atoms with E-state index in [0.717, 1.165) is 0 Å². The largest absolute Gasteiger partial charge is 0.477 e. The molecule has 1 amide bonds. The minimum absolute atomic E-state index is 0.113. The summed E-state index contributed by atoms with van der Waals surface area (Å²) in [5.74, 6) is -1.77. The summed E-state index contributed by atoms with van der Waals surface area (Å²) >= 11 is 1.37. The summed E-state index contributed by atoms with van der Waals surface area (Å²) in [6.45, 7) is 2.70. The number of carboxylic acids is 1. The first kappa shape index (κ1) is 13.9. The van der Waals surface area contributed by atoms with Gasteiger partial charge in [0, 0.05) is 18.2 Å². The lowest BCUT2D eigenvalue weighted by Crippen LogP contribution is -2.76. The van der Waals surface area contributed by atoms with Crippen LogP contribution >= 0.6 is 11.8 Å². The number of carbonyl (C=O) groups is 3. The van der Waals surface area contributed by atoms with Crippen molar-refractivity contribution in [2.24, 2.45) is 5.73 Å². The molecule has 0 spiro atoms. The Hall–Kier alpha value is -1.54. The van der Waals surface area contributed by atoms with E-state index in [-0.39, 0.29) is 17.7 Å². The van der Waals surface area contributed by atoms with Crippen molar-refractivity contribution in [1.29, 1.82) is 0 Å². The minimum Gasteiger partial charge on any atom is -0.477 e. The highest BCUT2D eigenvalue weighted by atomic mass is 32.2. The summed E-state index contributed by atoms with van der Waals surface area (Å²) in [4.78, 5) is 35.2. The summed E-state index contributed by atoms with van der Waals surface area (Å²) in [5.41, 5.74) is 5.09. The van der Waals surface area contributed by atoms with Crippen molar-refractivity contribution in [1.82, 2.24) is 4.90 Å². The molecule has 0 aromatic rings. The van der Waals surface area contributed by atoms with Crippen LogP contribution in [0.15, 0.2) is 11.3 Å². The lowest BCUT2D eigenvalue weighted by Gasteiger charge is -2.54. The summed E-state index contributed by atoms with van der Waals surface area (Å²) < 4.78 is 4.81. The summed E-state index contributed by atoms with van der Waals surface area (Å²) in [7, 11) is 0. The van der Waals surface area contributed by atoms with E-state index >= 15 is 0 Å². The molecule has 2 rings (SSSR count). The number of carbonyl (C=O) groups excluding carboxylic acids is 2. The fourth-order valence-electron chi connectivity index (χ4n) is 2.11. The summed E-state index contributed by atoms with van der Waals surface area (Å²) in [6, 6.07) is 0. The third kappa shape index (κ3) is 2.10. The quantitative estimate of drug-likeness (QED) is 0.532. The van der Waals surface area contributed by atoms with E-state index in [4.69, 9.17) is 10.5 Å². The van der Waals surface area contributed by atoms with Gasteiger partial charge >= 0.3 is 11.9 Å². The number of nitrogens with zero attached hydrogens (tertiary/aromatic N) is 1. The molecule has 0 aliphatic carbocycles. The van der Waals surface area contributed by atoms with Gasteiger partial charge in [-0.3, -0.25) is 14.5 Å². The van der Waals surface area contributed by atoms with Gasteiger partial charge in [0.15, 0.2) is 0 Å². The highest BCUT2D eigenvalue weighted by Crippen LogP contribution is 2.44. The lowest BCUT2D eigenvalue weighted by atomic mass is 9.90. The first-order valence-electron chi connectivity index (χ1n) is 5.59. The van der Waals surface area contributed by atoms with E-state index in [1.54, 1.807) is 6.92 Å². The molecule has 8 heteroatoms. The van der Waals surface area contributed by atoms with E-state index in [9.17, 15) is 19.5 Å². The molecule has 2 aliphatic heterocycles. The molecule has 0 bridgehead atoms. The Morgan fingerprint density at radius 3 is 2.79 bits per heavy atom. The van der Waals surface area contributed by atoms with Gasteiger partial charge < -0.3 is 15.6 Å². The molecule has 19 heavy (non-hydrogen) atoms. The first-order chi connectivity index (χ1) is 8.76. The SMILES string of the molecule is CC(=O)OCC1=C(C(=O)O)N2C(=O)C(C)(N)[C@@H]2SC1. The lowest BCUT2D eigenvalue weighted by molar-refractivity contribution is -0.153. The van der Waals surface area contributed by atoms with E-state index in [1.807, 2.05) is 0 Å². The van der Waals surface area contributed by atoms with E-state index in [0.29, 0.717) is 11.3 Å². The molecule has 1 fully saturated rings. The Morgan fingerprint density at radius 1 is 1.63 bits per heavy atom. The second kappa shape index (κ2) is 4.53. The first-order valence-corrected chi connectivity index (χ1v) is 6.64. The van der Waals surface area contributed by atoms with Gasteiger partial charge in [-0.2, -0.15) is 0 Å². The van der Waals surface area contributed by atoms with Crippen molar-refractivity contribution >= 4 is 29.6 Å². The van der Waals surface area contributed by atoms with Crippen LogP contribution in [0, 0.1) is 0 Å². The molecule has 2 heterocycles. The van der Waals surface area contributed by atoms with Gasteiger partial charge in [-0.25, -0.2) is 4.79 Å². The van der Waals surface area contributed by atoms with Crippen molar-refractivity contribution in [2.75, 3.05) is 12.4 Å². The molecule has 104 valence electrons. The number of thioether (sulfide) groups is 1. The predicted octanol–water partition coefficient (Wildman–Crippen LogP) is -0.479. The number of fused-ring (bicyclic) bond motifs is 1. The van der Waals surface area contributed by atoms with E-state index in [2.05, 4.69) is 0 Å². The third-order valence-corrected chi connectivity index (χ3v) is 4.60. The van der Waals surface area contributed by atoms with Gasteiger partial charge in [-0.05, 0) is 6.92 Å². The van der Waals surface area contributed by atoms with Crippen LogP contribution in [0.3, 0.4) is 0 Å². The molecule has 3 N–H and O–H groups in total. The molecule has 0 aromatic heterocycles. The number of β-lactam (4-membered cyclic amide) rings is 1. The van der Waals surface area contributed by atoms with Crippen LogP contribution in [0.4, 0.5) is 0 Å². The number of aliphatic carboxylic acids is 1. The van der Waals surface area contributed by atoms with Gasteiger partial charge in [0.25, 0.3) is 5.91 Å². The molecule has 0 aromatic carbocycles. The monoisotopic (exact) mass is 286 g/mol. The zero-order valence-corrected chi connectivity index (χ0v) is 11.3. The highest BCUT2D eigenvalue weighted by Gasteiger charge is 2.59. The van der Waals surface area contributed by atoms with Crippen molar-refractivity contribution in [3.8, 4) is 0 Å². The van der Waals surface area contributed by atoms with Crippen LogP contribution in [0.25, 0.3) is 0 Å². The fourth-order valence-corrected chi connectivity index (χ4v) is 3.49. The fraction of sp³-hybridized carbons (Fsp3) is 0.545. The molecule has 0 radical (unpaired) electrons.